The van der Waals surface area contributed by atoms with Crippen LogP contribution in [0.25, 0.3) is 0 Å². The van der Waals surface area contributed by atoms with Crippen LogP contribution >= 0.6 is 0 Å². The molecule has 0 bridgehead atoms. The van der Waals surface area contributed by atoms with Gasteiger partial charge in [-0.05, 0) is 35.4 Å². The Morgan fingerprint density at radius 3 is 2.19 bits per heavy atom. The van der Waals surface area contributed by atoms with Crippen molar-refractivity contribution in [3.8, 4) is 11.5 Å². The van der Waals surface area contributed by atoms with E-state index in [9.17, 15) is 9.59 Å². The zero-order valence-corrected chi connectivity index (χ0v) is 15.7. The van der Waals surface area contributed by atoms with E-state index in [2.05, 4.69) is 10.6 Å². The molecule has 0 saturated carbocycles. The Labute approximate surface area is 158 Å². The molecule has 0 spiro atoms. The molecule has 0 radical (unpaired) electrons. The molecule has 0 fully saturated rings. The van der Waals surface area contributed by atoms with Gasteiger partial charge in [0.2, 0.25) is 0 Å². The van der Waals surface area contributed by atoms with Crippen LogP contribution < -0.4 is 20.1 Å². The average molecular weight is 372 g/mol. The lowest BCUT2D eigenvalue weighted by molar-refractivity contribution is -0.139. The summed E-state index contributed by atoms with van der Waals surface area (Å²) in [4.78, 5) is 24.0. The minimum Gasteiger partial charge on any atom is -0.497 e. The van der Waals surface area contributed by atoms with E-state index in [1.54, 1.807) is 33.5 Å². The normalized spacial score (nSPS) is 11.4. The van der Waals surface area contributed by atoms with E-state index in [4.69, 9.17) is 14.2 Å². The Morgan fingerprint density at radius 2 is 1.56 bits per heavy atom. The third-order valence-electron chi connectivity index (χ3n) is 4.02. The maximum absolute atomic E-state index is 12.0. The Hall–Kier alpha value is -3.06. The van der Waals surface area contributed by atoms with Gasteiger partial charge >= 0.3 is 11.8 Å². The van der Waals surface area contributed by atoms with Gasteiger partial charge in [0.1, 0.15) is 11.5 Å². The van der Waals surface area contributed by atoms with Gasteiger partial charge in [-0.25, -0.2) is 0 Å². The third kappa shape index (κ3) is 6.00. The highest BCUT2D eigenvalue weighted by atomic mass is 16.5. The van der Waals surface area contributed by atoms with E-state index in [0.717, 1.165) is 16.9 Å². The van der Waals surface area contributed by atoms with E-state index in [1.807, 2.05) is 36.4 Å². The predicted octanol–water partition coefficient (Wildman–Crippen LogP) is 1.82. The standard InChI is InChI=1S/C20H24N2O5/c1-25-16-9-7-14(8-10-16)12-21-19(23)20(24)22-13-18(27-3)15-5-4-6-17(11-15)26-2/h4-11,18H,12-13H2,1-3H3,(H,21,23)(H,22,24). The molecule has 27 heavy (non-hydrogen) atoms. The molecule has 2 aromatic rings. The second-order valence-corrected chi connectivity index (χ2v) is 5.74. The minimum atomic E-state index is -0.714. The molecule has 2 rings (SSSR count). The Morgan fingerprint density at radius 1 is 0.889 bits per heavy atom. The number of rotatable bonds is 8. The lowest BCUT2D eigenvalue weighted by atomic mass is 10.1. The topological polar surface area (TPSA) is 85.9 Å². The highest BCUT2D eigenvalue weighted by Gasteiger charge is 2.17. The van der Waals surface area contributed by atoms with E-state index >= 15 is 0 Å². The van der Waals surface area contributed by atoms with Crippen LogP contribution in [0.1, 0.15) is 17.2 Å². The second kappa shape index (κ2) is 10.2. The molecule has 0 aromatic heterocycles. The number of benzene rings is 2. The Balaban J connectivity index is 1.84. The lowest BCUT2D eigenvalue weighted by Gasteiger charge is -2.17. The zero-order valence-electron chi connectivity index (χ0n) is 15.7. The molecule has 0 aliphatic carbocycles. The van der Waals surface area contributed by atoms with Crippen molar-refractivity contribution < 1.29 is 23.8 Å². The van der Waals surface area contributed by atoms with E-state index in [-0.39, 0.29) is 13.1 Å². The summed E-state index contributed by atoms with van der Waals surface area (Å²) >= 11 is 0. The van der Waals surface area contributed by atoms with Crippen LogP contribution in [-0.2, 0) is 20.9 Å². The van der Waals surface area contributed by atoms with E-state index in [0.29, 0.717) is 5.75 Å². The Kier molecular flexibility index (Phi) is 7.63. The van der Waals surface area contributed by atoms with Crippen LogP contribution in [0.2, 0.25) is 0 Å². The molecule has 2 amide bonds. The average Bonchev–Trinajstić information content (AvgIpc) is 2.72. The fourth-order valence-electron chi connectivity index (χ4n) is 2.45. The maximum Gasteiger partial charge on any atom is 0.309 e. The molecule has 1 atom stereocenters. The molecule has 2 aromatic carbocycles. The number of methoxy groups -OCH3 is 3. The van der Waals surface area contributed by atoms with Crippen LogP contribution in [0, 0.1) is 0 Å². The third-order valence-corrected chi connectivity index (χ3v) is 4.02. The van der Waals surface area contributed by atoms with Crippen molar-refractivity contribution in [3.05, 3.63) is 59.7 Å². The first-order chi connectivity index (χ1) is 13.1. The first-order valence-corrected chi connectivity index (χ1v) is 8.43. The molecule has 1 unspecified atom stereocenters. The first-order valence-electron chi connectivity index (χ1n) is 8.43. The van der Waals surface area contributed by atoms with Gasteiger partial charge in [-0.2, -0.15) is 0 Å². The first kappa shape index (κ1) is 20.3. The largest absolute Gasteiger partial charge is 0.497 e. The Bertz CT molecular complexity index is 761. The molecule has 0 saturated heterocycles. The molecule has 7 nitrogen and oxygen atoms in total. The molecular formula is C20H24N2O5. The van der Waals surface area contributed by atoms with Gasteiger partial charge in [-0.15, -0.1) is 0 Å². The predicted molar refractivity (Wildman–Crippen MR) is 101 cm³/mol. The summed E-state index contributed by atoms with van der Waals surface area (Å²) in [7, 11) is 4.70. The van der Waals surface area contributed by atoms with Crippen molar-refractivity contribution in [1.82, 2.24) is 10.6 Å². The fraction of sp³-hybridized carbons (Fsp3) is 0.300. The van der Waals surface area contributed by atoms with Crippen LogP contribution in [0.4, 0.5) is 0 Å². The number of carbonyl (C=O) groups is 2. The highest BCUT2D eigenvalue weighted by molar-refractivity contribution is 6.35. The van der Waals surface area contributed by atoms with Crippen molar-refractivity contribution >= 4 is 11.8 Å². The smallest absolute Gasteiger partial charge is 0.309 e. The van der Waals surface area contributed by atoms with Crippen LogP contribution in [0.5, 0.6) is 11.5 Å². The number of nitrogens with one attached hydrogen (secondary N) is 2. The van der Waals surface area contributed by atoms with Gasteiger partial charge < -0.3 is 24.8 Å². The summed E-state index contributed by atoms with van der Waals surface area (Å²) in [5, 5.41) is 5.17. The molecule has 0 aliphatic heterocycles. The second-order valence-electron chi connectivity index (χ2n) is 5.74. The van der Waals surface area contributed by atoms with Crippen LogP contribution in [0.3, 0.4) is 0 Å². The fourth-order valence-corrected chi connectivity index (χ4v) is 2.45. The summed E-state index contributed by atoms with van der Waals surface area (Å²) in [6.45, 7) is 0.415. The van der Waals surface area contributed by atoms with Crippen molar-refractivity contribution in [3.63, 3.8) is 0 Å². The number of carbonyl (C=O) groups excluding carboxylic acids is 2. The van der Waals surface area contributed by atoms with Gasteiger partial charge in [0.25, 0.3) is 0 Å². The zero-order chi connectivity index (χ0) is 19.6. The quantitative estimate of drug-likeness (QED) is 0.691. The highest BCUT2D eigenvalue weighted by Crippen LogP contribution is 2.20. The van der Waals surface area contributed by atoms with Crippen LogP contribution in [0.15, 0.2) is 48.5 Å². The molecule has 2 N–H and O–H groups in total. The lowest BCUT2D eigenvalue weighted by Crippen LogP contribution is -2.41. The SMILES string of the molecule is COc1ccc(CNC(=O)C(=O)NCC(OC)c2cccc(OC)c2)cc1. The van der Waals surface area contributed by atoms with Gasteiger partial charge in [-0.1, -0.05) is 24.3 Å². The molecule has 7 heteroatoms. The summed E-state index contributed by atoms with van der Waals surface area (Å²) in [5.41, 5.74) is 1.71. The van der Waals surface area contributed by atoms with Crippen LogP contribution in [-0.4, -0.2) is 39.7 Å². The summed E-state index contributed by atoms with van der Waals surface area (Å²) in [6, 6.07) is 14.6. The molecular weight excluding hydrogens is 348 g/mol. The number of ether oxygens (including phenoxy) is 3. The van der Waals surface area contributed by atoms with Crippen molar-refractivity contribution in [2.75, 3.05) is 27.9 Å². The van der Waals surface area contributed by atoms with E-state index in [1.165, 1.54) is 0 Å². The monoisotopic (exact) mass is 372 g/mol. The van der Waals surface area contributed by atoms with Gasteiger partial charge in [-0.3, -0.25) is 9.59 Å². The molecule has 0 aliphatic rings. The molecule has 144 valence electrons. The number of amides is 2. The summed E-state index contributed by atoms with van der Waals surface area (Å²) in [5.74, 6) is 0.00357. The summed E-state index contributed by atoms with van der Waals surface area (Å²) < 4.78 is 15.7. The number of hydrogen-bond donors (Lipinski definition) is 2. The van der Waals surface area contributed by atoms with Gasteiger partial charge in [0.05, 0.1) is 20.3 Å². The van der Waals surface area contributed by atoms with Gasteiger partial charge in [0, 0.05) is 20.2 Å². The van der Waals surface area contributed by atoms with E-state index < -0.39 is 17.9 Å². The van der Waals surface area contributed by atoms with Crippen molar-refractivity contribution in [1.29, 1.82) is 0 Å². The summed E-state index contributed by atoms with van der Waals surface area (Å²) in [6.07, 6.45) is -0.390. The van der Waals surface area contributed by atoms with Crippen molar-refractivity contribution in [2.24, 2.45) is 0 Å². The minimum absolute atomic E-state index is 0.165. The maximum atomic E-state index is 12.0. The number of hydrogen-bond acceptors (Lipinski definition) is 5. The molecule has 0 heterocycles. The van der Waals surface area contributed by atoms with Crippen molar-refractivity contribution in [2.45, 2.75) is 12.6 Å². The van der Waals surface area contributed by atoms with Gasteiger partial charge in [0.15, 0.2) is 0 Å².